The van der Waals surface area contributed by atoms with Crippen LogP contribution in [0.2, 0.25) is 0 Å². The first-order chi connectivity index (χ1) is 20.5. The van der Waals surface area contributed by atoms with Gasteiger partial charge in [-0.3, -0.25) is 9.48 Å². The minimum Gasteiger partial charge on any atom is -0.456 e. The molecule has 3 heterocycles. The fraction of sp³-hybridized carbons (Fsp3) is 0.406. The van der Waals surface area contributed by atoms with E-state index in [1.807, 2.05) is 57.2 Å². The van der Waals surface area contributed by atoms with E-state index >= 15 is 0 Å². The third-order valence-corrected chi connectivity index (χ3v) is 8.74. The second kappa shape index (κ2) is 12.6. The number of furan rings is 1. The van der Waals surface area contributed by atoms with Crippen molar-refractivity contribution in [1.29, 1.82) is 0 Å². The SMILES string of the molecule is Cc1cc(C(=O)NCC2CCN(C(=O)OCC(C)C)CC2)nn1Cc1cc(S(C)(=O)=O)cc2cc(-c3ccccc3)oc12. The topological polar surface area (TPSA) is 124 Å². The van der Waals surface area contributed by atoms with Gasteiger partial charge in [0.2, 0.25) is 0 Å². The monoisotopic (exact) mass is 606 g/mol. The molecule has 2 amide bonds. The van der Waals surface area contributed by atoms with Gasteiger partial charge in [-0.15, -0.1) is 0 Å². The summed E-state index contributed by atoms with van der Waals surface area (Å²) in [7, 11) is -3.48. The van der Waals surface area contributed by atoms with Crippen LogP contribution >= 0.6 is 0 Å². The van der Waals surface area contributed by atoms with Gasteiger partial charge in [0.25, 0.3) is 5.91 Å². The fourth-order valence-electron chi connectivity index (χ4n) is 5.19. The zero-order chi connectivity index (χ0) is 30.7. The molecule has 1 saturated heterocycles. The average molecular weight is 607 g/mol. The number of fused-ring (bicyclic) bond motifs is 1. The number of hydrogen-bond acceptors (Lipinski definition) is 7. The second-order valence-electron chi connectivity index (χ2n) is 11.7. The number of aromatic nitrogens is 2. The maximum absolute atomic E-state index is 13.0. The summed E-state index contributed by atoms with van der Waals surface area (Å²) in [5.74, 6) is 0.907. The van der Waals surface area contributed by atoms with Gasteiger partial charge in [-0.1, -0.05) is 44.2 Å². The van der Waals surface area contributed by atoms with E-state index in [1.165, 1.54) is 6.26 Å². The van der Waals surface area contributed by atoms with Gasteiger partial charge in [0.15, 0.2) is 9.84 Å². The Morgan fingerprint density at radius 1 is 1.09 bits per heavy atom. The van der Waals surface area contributed by atoms with Crippen LogP contribution in [0.25, 0.3) is 22.3 Å². The molecule has 43 heavy (non-hydrogen) atoms. The lowest BCUT2D eigenvalue weighted by atomic mass is 9.97. The predicted octanol–water partition coefficient (Wildman–Crippen LogP) is 5.29. The summed E-state index contributed by atoms with van der Waals surface area (Å²) in [6, 6.07) is 16.4. The van der Waals surface area contributed by atoms with Crippen molar-refractivity contribution in [3.05, 3.63) is 71.5 Å². The molecule has 228 valence electrons. The number of ether oxygens (including phenoxy) is 1. The van der Waals surface area contributed by atoms with Crippen LogP contribution < -0.4 is 5.32 Å². The highest BCUT2D eigenvalue weighted by molar-refractivity contribution is 7.90. The van der Waals surface area contributed by atoms with Gasteiger partial charge in [0.1, 0.15) is 17.0 Å². The Bertz CT molecular complexity index is 1720. The van der Waals surface area contributed by atoms with Gasteiger partial charge >= 0.3 is 6.09 Å². The lowest BCUT2D eigenvalue weighted by Gasteiger charge is -2.31. The van der Waals surface area contributed by atoms with E-state index in [-0.39, 0.29) is 35.1 Å². The molecular weight excluding hydrogens is 568 g/mol. The Balaban J connectivity index is 1.27. The van der Waals surface area contributed by atoms with Gasteiger partial charge in [0, 0.05) is 48.1 Å². The molecule has 0 aliphatic carbocycles. The number of piperidine rings is 1. The van der Waals surface area contributed by atoms with Crippen LogP contribution in [0.1, 0.15) is 48.4 Å². The van der Waals surface area contributed by atoms with Crippen LogP contribution in [0, 0.1) is 18.8 Å². The molecule has 1 aliphatic rings. The number of carbonyl (C=O) groups excluding carboxylic acids is 2. The first-order valence-electron chi connectivity index (χ1n) is 14.5. The van der Waals surface area contributed by atoms with Crippen LogP contribution in [-0.2, 0) is 21.1 Å². The zero-order valence-electron chi connectivity index (χ0n) is 25.0. The molecular formula is C32H38N4O6S. The molecule has 2 aromatic heterocycles. The maximum atomic E-state index is 13.0. The van der Waals surface area contributed by atoms with Crippen LogP contribution in [0.3, 0.4) is 0 Å². The largest absolute Gasteiger partial charge is 0.456 e. The van der Waals surface area contributed by atoms with Crippen LogP contribution in [0.4, 0.5) is 4.79 Å². The third kappa shape index (κ3) is 7.27. The van der Waals surface area contributed by atoms with Gasteiger partial charge in [0.05, 0.1) is 18.0 Å². The first-order valence-corrected chi connectivity index (χ1v) is 16.4. The lowest BCUT2D eigenvalue weighted by Crippen LogP contribution is -2.42. The quantitative estimate of drug-likeness (QED) is 0.275. The number of likely N-dealkylation sites (tertiary alicyclic amines) is 1. The number of rotatable bonds is 9. The van der Waals surface area contributed by atoms with Crippen LogP contribution in [0.5, 0.6) is 0 Å². The molecule has 0 radical (unpaired) electrons. The van der Waals surface area contributed by atoms with Gasteiger partial charge in [-0.05, 0) is 55.9 Å². The van der Waals surface area contributed by atoms with E-state index in [9.17, 15) is 18.0 Å². The Morgan fingerprint density at radius 3 is 2.49 bits per heavy atom. The number of carbonyl (C=O) groups is 2. The van der Waals surface area contributed by atoms with Crippen molar-refractivity contribution in [2.45, 2.75) is 45.1 Å². The van der Waals surface area contributed by atoms with E-state index in [1.54, 1.807) is 27.8 Å². The molecule has 1 fully saturated rings. The molecule has 2 aromatic carbocycles. The Kier molecular flexibility index (Phi) is 8.91. The molecule has 0 unspecified atom stereocenters. The van der Waals surface area contributed by atoms with Crippen molar-refractivity contribution in [2.24, 2.45) is 11.8 Å². The van der Waals surface area contributed by atoms with Crippen molar-refractivity contribution in [3.8, 4) is 11.3 Å². The molecule has 0 bridgehead atoms. The number of benzene rings is 2. The molecule has 1 aliphatic heterocycles. The standard InChI is InChI=1S/C32H38N4O6S/c1-21(2)20-41-32(38)35-12-10-23(11-13-35)18-33-31(37)28-14-22(3)36(34-28)19-26-16-27(43(4,39)40)15-25-17-29(42-30(25)26)24-8-6-5-7-9-24/h5-9,14-17,21,23H,10-13,18-20H2,1-4H3,(H,33,37). The Hall–Kier alpha value is -4.12. The Morgan fingerprint density at radius 2 is 1.81 bits per heavy atom. The number of nitrogens with one attached hydrogen (secondary N) is 1. The summed E-state index contributed by atoms with van der Waals surface area (Å²) >= 11 is 0. The van der Waals surface area contributed by atoms with Crippen molar-refractivity contribution >= 4 is 32.8 Å². The second-order valence-corrected chi connectivity index (χ2v) is 13.7. The minimum absolute atomic E-state index is 0.192. The highest BCUT2D eigenvalue weighted by Crippen LogP contribution is 2.32. The van der Waals surface area contributed by atoms with E-state index in [0.717, 1.165) is 24.1 Å². The van der Waals surface area contributed by atoms with Crippen molar-refractivity contribution in [1.82, 2.24) is 20.0 Å². The summed E-state index contributed by atoms with van der Waals surface area (Å²) in [4.78, 5) is 27.2. The normalized spacial score (nSPS) is 14.4. The smallest absolute Gasteiger partial charge is 0.409 e. The molecule has 11 heteroatoms. The maximum Gasteiger partial charge on any atom is 0.409 e. The van der Waals surface area contributed by atoms with Crippen LogP contribution in [0.15, 0.2) is 63.9 Å². The molecule has 1 N–H and O–H groups in total. The zero-order valence-corrected chi connectivity index (χ0v) is 25.8. The number of sulfone groups is 1. The van der Waals surface area contributed by atoms with E-state index in [0.29, 0.717) is 54.5 Å². The fourth-order valence-corrected chi connectivity index (χ4v) is 5.89. The molecule has 0 spiro atoms. The molecule has 5 rings (SSSR count). The molecule has 4 aromatic rings. The van der Waals surface area contributed by atoms with Crippen molar-refractivity contribution < 1.29 is 27.2 Å². The Labute approximate surface area is 251 Å². The highest BCUT2D eigenvalue weighted by atomic mass is 32.2. The van der Waals surface area contributed by atoms with Crippen LogP contribution in [-0.4, -0.2) is 67.6 Å². The van der Waals surface area contributed by atoms with Gasteiger partial charge < -0.3 is 19.4 Å². The third-order valence-electron chi connectivity index (χ3n) is 7.65. The number of hydrogen-bond donors (Lipinski definition) is 1. The summed E-state index contributed by atoms with van der Waals surface area (Å²) in [5, 5.41) is 8.22. The number of aryl methyl sites for hydroxylation is 1. The molecule has 10 nitrogen and oxygen atoms in total. The number of nitrogens with zero attached hydrogens (tertiary/aromatic N) is 3. The number of amides is 2. The van der Waals surface area contributed by atoms with E-state index in [4.69, 9.17) is 9.15 Å². The van der Waals surface area contributed by atoms with Crippen molar-refractivity contribution in [3.63, 3.8) is 0 Å². The average Bonchev–Trinajstić information content (AvgIpc) is 3.58. The molecule has 0 atom stereocenters. The van der Waals surface area contributed by atoms with Gasteiger partial charge in [-0.25, -0.2) is 13.2 Å². The summed E-state index contributed by atoms with van der Waals surface area (Å²) < 4.78 is 38.2. The summed E-state index contributed by atoms with van der Waals surface area (Å²) in [6.07, 6.45) is 2.47. The summed E-state index contributed by atoms with van der Waals surface area (Å²) in [6.45, 7) is 8.19. The van der Waals surface area contributed by atoms with E-state index in [2.05, 4.69) is 10.4 Å². The van der Waals surface area contributed by atoms with E-state index < -0.39 is 9.84 Å². The summed E-state index contributed by atoms with van der Waals surface area (Å²) in [5.41, 5.74) is 3.15. The highest BCUT2D eigenvalue weighted by Gasteiger charge is 2.25. The first kappa shape index (κ1) is 30.3. The molecule has 0 saturated carbocycles. The predicted molar refractivity (Wildman–Crippen MR) is 164 cm³/mol. The lowest BCUT2D eigenvalue weighted by molar-refractivity contribution is 0.0772. The minimum atomic E-state index is -3.48. The van der Waals surface area contributed by atoms with Crippen molar-refractivity contribution in [2.75, 3.05) is 32.5 Å². The van der Waals surface area contributed by atoms with Gasteiger partial charge in [-0.2, -0.15) is 5.10 Å².